The maximum Gasteiger partial charge on any atom is 0.337 e. The summed E-state index contributed by atoms with van der Waals surface area (Å²) in [6, 6.07) is 13.9. The van der Waals surface area contributed by atoms with E-state index in [1.54, 1.807) is 6.07 Å². The molecule has 3 amide bonds. The van der Waals surface area contributed by atoms with Gasteiger partial charge < -0.3 is 10.1 Å². The van der Waals surface area contributed by atoms with Crippen LogP contribution in [0.2, 0.25) is 0 Å². The first-order valence-electron chi connectivity index (χ1n) is 10.4. The van der Waals surface area contributed by atoms with Crippen LogP contribution in [0.25, 0.3) is 10.9 Å². The minimum absolute atomic E-state index is 0.0482. The van der Waals surface area contributed by atoms with Crippen LogP contribution in [0, 0.1) is 0 Å². The van der Waals surface area contributed by atoms with E-state index in [-0.39, 0.29) is 22.8 Å². The fraction of sp³-hybridized carbons (Fsp3) is 0.261. The molecular weight excluding hydrogens is 444 g/mol. The number of aromatic nitrogens is 2. The second-order valence-corrected chi connectivity index (χ2v) is 8.32. The van der Waals surface area contributed by atoms with E-state index in [2.05, 4.69) is 10.3 Å². The number of aryl methyl sites for hydroxylation is 1. The van der Waals surface area contributed by atoms with E-state index in [0.29, 0.717) is 42.1 Å². The molecule has 0 saturated carbocycles. The van der Waals surface area contributed by atoms with Gasteiger partial charge in [0.1, 0.15) is 0 Å². The lowest BCUT2D eigenvalue weighted by atomic mass is 10.1. The van der Waals surface area contributed by atoms with Crippen molar-refractivity contribution in [2.24, 2.45) is 0 Å². The summed E-state index contributed by atoms with van der Waals surface area (Å²) in [6.45, 7) is 1.10. The number of carbonyl (C=O) groups is 3. The Labute approximate surface area is 193 Å². The highest BCUT2D eigenvalue weighted by Gasteiger charge is 2.26. The van der Waals surface area contributed by atoms with Crippen molar-refractivity contribution < 1.29 is 19.1 Å². The van der Waals surface area contributed by atoms with Gasteiger partial charge in [-0.05, 0) is 30.2 Å². The molecule has 0 atom stereocenters. The number of urea groups is 1. The highest BCUT2D eigenvalue weighted by molar-refractivity contribution is 7.99. The maximum absolute atomic E-state index is 13.3. The summed E-state index contributed by atoms with van der Waals surface area (Å²) < 4.78 is 6.30. The predicted molar refractivity (Wildman–Crippen MR) is 123 cm³/mol. The summed E-state index contributed by atoms with van der Waals surface area (Å²) in [4.78, 5) is 55.3. The number of hydrogen-bond donors (Lipinski definition) is 1. The summed E-state index contributed by atoms with van der Waals surface area (Å²) in [5.41, 5.74) is 1.42. The Morgan fingerprint density at radius 3 is 2.64 bits per heavy atom. The van der Waals surface area contributed by atoms with E-state index in [0.717, 1.165) is 22.2 Å². The van der Waals surface area contributed by atoms with E-state index >= 15 is 0 Å². The number of fused-ring (bicyclic) bond motifs is 1. The monoisotopic (exact) mass is 466 g/mol. The van der Waals surface area contributed by atoms with Crippen molar-refractivity contribution >= 4 is 40.6 Å². The Morgan fingerprint density at radius 2 is 1.94 bits per heavy atom. The Bertz CT molecular complexity index is 1280. The van der Waals surface area contributed by atoms with Gasteiger partial charge in [-0.15, -0.1) is 0 Å². The molecule has 2 heterocycles. The lowest BCUT2D eigenvalue weighted by molar-refractivity contribution is -0.124. The molecule has 1 fully saturated rings. The first-order valence-corrected chi connectivity index (χ1v) is 11.3. The molecule has 170 valence electrons. The van der Waals surface area contributed by atoms with E-state index in [1.165, 1.54) is 23.8 Å². The summed E-state index contributed by atoms with van der Waals surface area (Å²) in [5.74, 6) is -0.938. The van der Waals surface area contributed by atoms with Crippen LogP contribution < -0.4 is 10.9 Å². The number of ether oxygens (including phenoxy) is 1. The molecule has 1 saturated heterocycles. The van der Waals surface area contributed by atoms with E-state index in [9.17, 15) is 19.2 Å². The quantitative estimate of drug-likeness (QED) is 0.322. The summed E-state index contributed by atoms with van der Waals surface area (Å²) in [6.07, 6.45) is 0.601. The molecule has 1 aromatic heterocycles. The average Bonchev–Trinajstić information content (AvgIpc) is 3.27. The van der Waals surface area contributed by atoms with Crippen LogP contribution in [0.1, 0.15) is 15.9 Å². The van der Waals surface area contributed by atoms with Crippen molar-refractivity contribution in [3.05, 3.63) is 70.0 Å². The molecule has 0 aliphatic carbocycles. The van der Waals surface area contributed by atoms with Gasteiger partial charge in [-0.1, -0.05) is 42.1 Å². The van der Waals surface area contributed by atoms with Gasteiger partial charge in [-0.2, -0.15) is 0 Å². The first-order chi connectivity index (χ1) is 16.0. The molecule has 1 aliphatic rings. The van der Waals surface area contributed by atoms with Crippen molar-refractivity contribution in [1.82, 2.24) is 19.8 Å². The second kappa shape index (κ2) is 9.86. The number of thioether (sulfide) groups is 1. The van der Waals surface area contributed by atoms with Gasteiger partial charge in [-0.25, -0.2) is 14.6 Å². The molecule has 0 unspecified atom stereocenters. The van der Waals surface area contributed by atoms with Gasteiger partial charge in [0.15, 0.2) is 5.16 Å². The van der Waals surface area contributed by atoms with Crippen molar-refractivity contribution in [1.29, 1.82) is 0 Å². The largest absolute Gasteiger partial charge is 0.465 e. The van der Waals surface area contributed by atoms with Crippen molar-refractivity contribution in [3.63, 3.8) is 0 Å². The number of amides is 3. The topological polar surface area (TPSA) is 111 Å². The van der Waals surface area contributed by atoms with Crippen LogP contribution in [0.15, 0.2) is 58.5 Å². The number of rotatable bonds is 7. The van der Waals surface area contributed by atoms with Crippen LogP contribution in [0.5, 0.6) is 0 Å². The molecular formula is C23H22N4O5S. The van der Waals surface area contributed by atoms with Crippen molar-refractivity contribution in [2.75, 3.05) is 26.0 Å². The zero-order valence-electron chi connectivity index (χ0n) is 17.9. The van der Waals surface area contributed by atoms with Gasteiger partial charge in [0.2, 0.25) is 5.91 Å². The van der Waals surface area contributed by atoms with Crippen LogP contribution in [-0.2, 0) is 22.5 Å². The Hall–Kier alpha value is -3.66. The lowest BCUT2D eigenvalue weighted by Gasteiger charge is -2.15. The molecule has 4 rings (SSSR count). The zero-order chi connectivity index (χ0) is 23.4. The number of esters is 1. The van der Waals surface area contributed by atoms with Gasteiger partial charge in [-0.3, -0.25) is 19.1 Å². The van der Waals surface area contributed by atoms with Crippen molar-refractivity contribution in [2.45, 2.75) is 18.1 Å². The van der Waals surface area contributed by atoms with Crippen LogP contribution in [0.3, 0.4) is 0 Å². The maximum atomic E-state index is 13.3. The van der Waals surface area contributed by atoms with Crippen LogP contribution >= 0.6 is 11.8 Å². The summed E-state index contributed by atoms with van der Waals surface area (Å²) >= 11 is 1.09. The highest BCUT2D eigenvalue weighted by Crippen LogP contribution is 2.20. The molecule has 2 aromatic carbocycles. The molecule has 1 N–H and O–H groups in total. The number of nitrogens with zero attached hydrogens (tertiary/aromatic N) is 3. The number of carbonyl (C=O) groups excluding carboxylic acids is 3. The van der Waals surface area contributed by atoms with Gasteiger partial charge in [0, 0.05) is 19.6 Å². The summed E-state index contributed by atoms with van der Waals surface area (Å²) in [7, 11) is 1.28. The third-order valence-electron chi connectivity index (χ3n) is 5.29. The fourth-order valence-corrected chi connectivity index (χ4v) is 4.45. The molecule has 3 aromatic rings. The minimum Gasteiger partial charge on any atom is -0.465 e. The van der Waals surface area contributed by atoms with E-state index < -0.39 is 12.0 Å². The smallest absolute Gasteiger partial charge is 0.337 e. The zero-order valence-corrected chi connectivity index (χ0v) is 18.8. The number of imide groups is 1. The molecule has 10 heteroatoms. The third-order valence-corrected chi connectivity index (χ3v) is 6.25. The van der Waals surface area contributed by atoms with Gasteiger partial charge >= 0.3 is 12.0 Å². The number of nitrogens with one attached hydrogen (secondary N) is 1. The van der Waals surface area contributed by atoms with Crippen LogP contribution in [0.4, 0.5) is 4.79 Å². The van der Waals surface area contributed by atoms with Crippen molar-refractivity contribution in [3.8, 4) is 0 Å². The molecule has 0 radical (unpaired) electrons. The number of benzene rings is 2. The normalized spacial score (nSPS) is 13.2. The fourth-order valence-electron chi connectivity index (χ4n) is 3.55. The average molecular weight is 467 g/mol. The molecule has 0 bridgehead atoms. The van der Waals surface area contributed by atoms with E-state index in [1.807, 2.05) is 30.3 Å². The standard InChI is InChI=1S/C23H22N4O5S/c1-32-21(30)16-7-8-17-18(13-16)25-23(33-14-19(28)26-12-10-24-22(26)31)27(20(17)29)11-9-15-5-3-2-4-6-15/h2-8,13H,9-12,14H2,1H3,(H,24,31). The molecule has 9 nitrogen and oxygen atoms in total. The minimum atomic E-state index is -0.531. The summed E-state index contributed by atoms with van der Waals surface area (Å²) in [5, 5.41) is 3.31. The second-order valence-electron chi connectivity index (χ2n) is 7.38. The number of hydrogen-bond acceptors (Lipinski definition) is 7. The number of methoxy groups -OCH3 is 1. The SMILES string of the molecule is COC(=O)c1ccc2c(=O)n(CCc3ccccc3)c(SCC(=O)N3CCNC3=O)nc2c1. The molecule has 1 aliphatic heterocycles. The Morgan fingerprint density at radius 1 is 1.15 bits per heavy atom. The van der Waals surface area contributed by atoms with Crippen LogP contribution in [-0.4, -0.2) is 58.3 Å². The van der Waals surface area contributed by atoms with E-state index in [4.69, 9.17) is 4.74 Å². The Balaban J connectivity index is 1.68. The predicted octanol–water partition coefficient (Wildman–Crippen LogP) is 2.07. The molecule has 0 spiro atoms. The Kier molecular flexibility index (Phi) is 6.74. The third kappa shape index (κ3) is 4.90. The van der Waals surface area contributed by atoms with Gasteiger partial charge in [0.25, 0.3) is 5.56 Å². The first kappa shape index (κ1) is 22.5. The lowest BCUT2D eigenvalue weighted by Crippen LogP contribution is -2.35. The van der Waals surface area contributed by atoms with Gasteiger partial charge in [0.05, 0.1) is 29.3 Å². The highest BCUT2D eigenvalue weighted by atomic mass is 32.2. The molecule has 33 heavy (non-hydrogen) atoms.